The first-order valence-corrected chi connectivity index (χ1v) is 6.07. The number of hydrogen-bond acceptors (Lipinski definition) is 2. The first-order chi connectivity index (χ1) is 9.20. The quantitative estimate of drug-likeness (QED) is 0.781. The van der Waals surface area contributed by atoms with Crippen molar-refractivity contribution in [2.75, 3.05) is 7.11 Å². The maximum Gasteiger partial charge on any atom is 0.337 e. The minimum absolute atomic E-state index is 0.297. The average molecular weight is 258 g/mol. The van der Waals surface area contributed by atoms with Gasteiger partial charge in [0.25, 0.3) is 0 Å². The van der Waals surface area contributed by atoms with Gasteiger partial charge in [-0.25, -0.2) is 9.18 Å². The summed E-state index contributed by atoms with van der Waals surface area (Å²) < 4.78 is 18.7. The van der Waals surface area contributed by atoms with Gasteiger partial charge in [-0.05, 0) is 23.3 Å². The van der Waals surface area contributed by atoms with Crippen LogP contribution in [0.4, 0.5) is 4.39 Å². The summed E-state index contributed by atoms with van der Waals surface area (Å²) in [5.41, 5.74) is 1.99. The number of hydrogen-bond donors (Lipinski definition) is 0. The van der Waals surface area contributed by atoms with E-state index in [0.717, 1.165) is 5.56 Å². The van der Waals surface area contributed by atoms with Crippen LogP contribution < -0.4 is 0 Å². The number of carbonyl (C=O) groups excluding carboxylic acids is 1. The molecule has 2 nitrogen and oxygen atoms in total. The van der Waals surface area contributed by atoms with Crippen LogP contribution in [0.1, 0.15) is 27.7 Å². The van der Waals surface area contributed by atoms with Gasteiger partial charge in [0.05, 0.1) is 12.7 Å². The van der Waals surface area contributed by atoms with Crippen molar-refractivity contribution in [2.45, 2.75) is 12.6 Å². The predicted octanol–water partition coefficient (Wildman–Crippen LogP) is 3.73. The van der Waals surface area contributed by atoms with E-state index in [4.69, 9.17) is 0 Å². The van der Waals surface area contributed by atoms with Gasteiger partial charge in [0, 0.05) is 6.42 Å². The molecule has 2 aromatic carbocycles. The van der Waals surface area contributed by atoms with E-state index in [-0.39, 0.29) is 5.97 Å². The van der Waals surface area contributed by atoms with Gasteiger partial charge < -0.3 is 4.74 Å². The Morgan fingerprint density at radius 3 is 2.32 bits per heavy atom. The van der Waals surface area contributed by atoms with Gasteiger partial charge in [0.15, 0.2) is 0 Å². The molecule has 0 saturated carbocycles. The molecule has 0 N–H and O–H groups in total. The van der Waals surface area contributed by atoms with Crippen molar-refractivity contribution < 1.29 is 13.9 Å². The SMILES string of the molecule is COC(=O)c1ccc(CC(F)c2ccccc2)cc1. The normalized spacial score (nSPS) is 11.9. The Labute approximate surface area is 111 Å². The number of benzene rings is 2. The summed E-state index contributed by atoms with van der Waals surface area (Å²) in [6, 6.07) is 15.9. The van der Waals surface area contributed by atoms with E-state index in [9.17, 15) is 9.18 Å². The zero-order chi connectivity index (χ0) is 13.7. The molecule has 0 spiro atoms. The molecule has 98 valence electrons. The zero-order valence-corrected chi connectivity index (χ0v) is 10.7. The standard InChI is InChI=1S/C16H15FO2/c1-19-16(18)14-9-7-12(8-10-14)11-15(17)13-5-3-2-4-6-13/h2-10,15H,11H2,1H3. The molecular formula is C16H15FO2. The summed E-state index contributed by atoms with van der Waals surface area (Å²) in [6.07, 6.45) is -0.740. The van der Waals surface area contributed by atoms with Crippen LogP contribution in [0.3, 0.4) is 0 Å². The Hall–Kier alpha value is -2.16. The van der Waals surface area contributed by atoms with Gasteiger partial charge in [-0.15, -0.1) is 0 Å². The average Bonchev–Trinajstić information content (AvgIpc) is 2.48. The third kappa shape index (κ3) is 3.41. The first-order valence-electron chi connectivity index (χ1n) is 6.07. The van der Waals surface area contributed by atoms with E-state index >= 15 is 0 Å². The fourth-order valence-corrected chi connectivity index (χ4v) is 1.88. The molecule has 0 heterocycles. The smallest absolute Gasteiger partial charge is 0.337 e. The van der Waals surface area contributed by atoms with Crippen LogP contribution in [-0.4, -0.2) is 13.1 Å². The Kier molecular flexibility index (Phi) is 4.29. The monoisotopic (exact) mass is 258 g/mol. The number of rotatable bonds is 4. The van der Waals surface area contributed by atoms with Gasteiger partial charge in [0.1, 0.15) is 6.17 Å². The molecule has 0 bridgehead atoms. The van der Waals surface area contributed by atoms with Crippen molar-refractivity contribution in [2.24, 2.45) is 0 Å². The van der Waals surface area contributed by atoms with Gasteiger partial charge in [-0.1, -0.05) is 42.5 Å². The van der Waals surface area contributed by atoms with E-state index < -0.39 is 6.17 Å². The summed E-state index contributed by atoms with van der Waals surface area (Å²) in [5.74, 6) is -0.383. The molecule has 1 atom stereocenters. The summed E-state index contributed by atoms with van der Waals surface area (Å²) >= 11 is 0. The van der Waals surface area contributed by atoms with Gasteiger partial charge in [0.2, 0.25) is 0 Å². The van der Waals surface area contributed by atoms with Crippen LogP contribution in [0.25, 0.3) is 0 Å². The molecule has 0 radical (unpaired) electrons. The molecule has 0 saturated heterocycles. The van der Waals surface area contributed by atoms with E-state index in [1.54, 1.807) is 36.4 Å². The van der Waals surface area contributed by atoms with Crippen LogP contribution in [0.2, 0.25) is 0 Å². The van der Waals surface area contributed by atoms with Gasteiger partial charge in [-0.2, -0.15) is 0 Å². The molecule has 2 aromatic rings. The summed E-state index contributed by atoms with van der Waals surface area (Å²) in [4.78, 5) is 11.3. The summed E-state index contributed by atoms with van der Waals surface area (Å²) in [5, 5.41) is 0. The highest BCUT2D eigenvalue weighted by Gasteiger charge is 2.11. The van der Waals surface area contributed by atoms with Crippen molar-refractivity contribution >= 4 is 5.97 Å². The second-order valence-electron chi connectivity index (χ2n) is 4.27. The van der Waals surface area contributed by atoms with Crippen LogP contribution in [0, 0.1) is 0 Å². The number of methoxy groups -OCH3 is 1. The van der Waals surface area contributed by atoms with E-state index in [0.29, 0.717) is 17.5 Å². The number of esters is 1. The van der Waals surface area contributed by atoms with Crippen molar-refractivity contribution in [1.82, 2.24) is 0 Å². The lowest BCUT2D eigenvalue weighted by Crippen LogP contribution is -2.02. The molecule has 2 rings (SSSR count). The number of ether oxygens (including phenoxy) is 1. The van der Waals surface area contributed by atoms with Gasteiger partial charge >= 0.3 is 5.97 Å². The van der Waals surface area contributed by atoms with Crippen LogP contribution in [0.15, 0.2) is 54.6 Å². The van der Waals surface area contributed by atoms with Crippen molar-refractivity contribution in [3.8, 4) is 0 Å². The zero-order valence-electron chi connectivity index (χ0n) is 10.7. The van der Waals surface area contributed by atoms with Crippen molar-refractivity contribution in [3.05, 3.63) is 71.3 Å². The lowest BCUT2D eigenvalue weighted by Gasteiger charge is -2.09. The topological polar surface area (TPSA) is 26.3 Å². The Bertz CT molecular complexity index is 534. The number of halogens is 1. The lowest BCUT2D eigenvalue weighted by atomic mass is 10.0. The highest BCUT2D eigenvalue weighted by atomic mass is 19.1. The molecule has 0 fully saturated rings. The first kappa shape index (κ1) is 13.3. The van der Waals surface area contributed by atoms with E-state index in [1.807, 2.05) is 18.2 Å². The molecular weight excluding hydrogens is 243 g/mol. The minimum Gasteiger partial charge on any atom is -0.465 e. The summed E-state index contributed by atoms with van der Waals surface area (Å²) in [7, 11) is 1.34. The molecule has 0 amide bonds. The molecule has 3 heteroatoms. The molecule has 0 aliphatic heterocycles. The van der Waals surface area contributed by atoms with Gasteiger partial charge in [-0.3, -0.25) is 0 Å². The Morgan fingerprint density at radius 2 is 1.74 bits per heavy atom. The molecule has 0 aliphatic carbocycles. The van der Waals surface area contributed by atoms with Crippen LogP contribution in [0.5, 0.6) is 0 Å². The third-order valence-electron chi connectivity index (χ3n) is 2.95. The molecule has 0 aromatic heterocycles. The largest absolute Gasteiger partial charge is 0.465 e. The second-order valence-corrected chi connectivity index (χ2v) is 4.27. The Morgan fingerprint density at radius 1 is 1.11 bits per heavy atom. The molecule has 19 heavy (non-hydrogen) atoms. The summed E-state index contributed by atoms with van der Waals surface area (Å²) in [6.45, 7) is 0. The van der Waals surface area contributed by atoms with Crippen molar-refractivity contribution in [3.63, 3.8) is 0 Å². The lowest BCUT2D eigenvalue weighted by molar-refractivity contribution is 0.0600. The number of alkyl halides is 1. The van der Waals surface area contributed by atoms with Crippen LogP contribution in [-0.2, 0) is 11.2 Å². The highest BCUT2D eigenvalue weighted by Crippen LogP contribution is 2.22. The highest BCUT2D eigenvalue weighted by molar-refractivity contribution is 5.89. The Balaban J connectivity index is 2.06. The molecule has 0 aliphatic rings. The number of carbonyl (C=O) groups is 1. The second kappa shape index (κ2) is 6.14. The fourth-order valence-electron chi connectivity index (χ4n) is 1.88. The predicted molar refractivity (Wildman–Crippen MR) is 71.8 cm³/mol. The van der Waals surface area contributed by atoms with Crippen LogP contribution >= 0.6 is 0 Å². The maximum atomic E-state index is 14.1. The van der Waals surface area contributed by atoms with E-state index in [2.05, 4.69) is 4.74 Å². The third-order valence-corrected chi connectivity index (χ3v) is 2.95. The maximum absolute atomic E-state index is 14.1. The minimum atomic E-state index is -1.04. The molecule has 1 unspecified atom stereocenters. The fraction of sp³-hybridized carbons (Fsp3) is 0.188. The van der Waals surface area contributed by atoms with E-state index in [1.165, 1.54) is 7.11 Å². The van der Waals surface area contributed by atoms with Crippen molar-refractivity contribution in [1.29, 1.82) is 0 Å².